The fraction of sp³-hybridized carbons (Fsp3) is 0.444. The number of sulfone groups is 1. The molecular formula is C9H10N4O2S2. The van der Waals surface area contributed by atoms with Gasteiger partial charge in [-0.3, -0.25) is 0 Å². The summed E-state index contributed by atoms with van der Waals surface area (Å²) in [4.78, 5) is 15.2. The van der Waals surface area contributed by atoms with Gasteiger partial charge in [-0.05, 0) is 6.42 Å². The molecule has 0 bridgehead atoms. The monoisotopic (exact) mass is 270 g/mol. The van der Waals surface area contributed by atoms with E-state index in [1.807, 2.05) is 0 Å². The Morgan fingerprint density at radius 1 is 1.35 bits per heavy atom. The van der Waals surface area contributed by atoms with Crippen LogP contribution in [0.15, 0.2) is 17.7 Å². The van der Waals surface area contributed by atoms with Crippen LogP contribution in [-0.2, 0) is 9.84 Å². The molecule has 2 aromatic rings. The minimum absolute atomic E-state index is 0.0846. The number of thioether (sulfide) groups is 1. The highest BCUT2D eigenvalue weighted by Gasteiger charge is 2.29. The average molecular weight is 270 g/mol. The SMILES string of the molecule is O=S1(=O)CC[C@H](Sc2ncnc3nc[nH]c23)C1. The van der Waals surface area contributed by atoms with E-state index in [4.69, 9.17) is 0 Å². The summed E-state index contributed by atoms with van der Waals surface area (Å²) in [6, 6.07) is 0. The summed E-state index contributed by atoms with van der Waals surface area (Å²) in [5, 5.41) is 0.857. The van der Waals surface area contributed by atoms with Gasteiger partial charge in [-0.2, -0.15) is 0 Å². The molecule has 90 valence electrons. The van der Waals surface area contributed by atoms with E-state index < -0.39 is 9.84 Å². The predicted molar refractivity (Wildman–Crippen MR) is 64.6 cm³/mol. The Morgan fingerprint density at radius 2 is 2.24 bits per heavy atom. The molecule has 0 amide bonds. The van der Waals surface area contributed by atoms with Crippen molar-refractivity contribution in [3.05, 3.63) is 12.7 Å². The van der Waals surface area contributed by atoms with E-state index in [1.165, 1.54) is 18.1 Å². The van der Waals surface area contributed by atoms with Crippen molar-refractivity contribution in [2.45, 2.75) is 16.7 Å². The maximum atomic E-state index is 11.4. The number of H-pyrrole nitrogens is 1. The molecule has 1 atom stereocenters. The van der Waals surface area contributed by atoms with Gasteiger partial charge in [0.05, 0.1) is 17.8 Å². The van der Waals surface area contributed by atoms with E-state index in [9.17, 15) is 8.42 Å². The van der Waals surface area contributed by atoms with E-state index >= 15 is 0 Å². The Balaban J connectivity index is 1.88. The zero-order chi connectivity index (χ0) is 11.9. The Bertz CT molecular complexity index is 652. The lowest BCUT2D eigenvalue weighted by atomic mass is 10.4. The average Bonchev–Trinajstić information content (AvgIpc) is 2.85. The van der Waals surface area contributed by atoms with Crippen LogP contribution in [0.5, 0.6) is 0 Å². The van der Waals surface area contributed by atoms with Crippen LogP contribution in [-0.4, -0.2) is 45.1 Å². The van der Waals surface area contributed by atoms with Crippen molar-refractivity contribution in [3.8, 4) is 0 Å². The Labute approximate surface area is 102 Å². The van der Waals surface area contributed by atoms with Gasteiger partial charge in [0.25, 0.3) is 0 Å². The van der Waals surface area contributed by atoms with Gasteiger partial charge in [0.15, 0.2) is 15.5 Å². The minimum atomic E-state index is -2.85. The quantitative estimate of drug-likeness (QED) is 0.805. The van der Waals surface area contributed by atoms with Gasteiger partial charge in [-0.1, -0.05) is 11.8 Å². The van der Waals surface area contributed by atoms with Crippen molar-refractivity contribution < 1.29 is 8.42 Å². The molecule has 0 aromatic carbocycles. The number of fused-ring (bicyclic) bond motifs is 1. The van der Waals surface area contributed by atoms with Gasteiger partial charge in [0, 0.05) is 5.25 Å². The molecule has 17 heavy (non-hydrogen) atoms. The summed E-state index contributed by atoms with van der Waals surface area (Å²) in [5.41, 5.74) is 1.39. The maximum Gasteiger partial charge on any atom is 0.181 e. The van der Waals surface area contributed by atoms with Crippen LogP contribution in [0, 0.1) is 0 Å². The summed E-state index contributed by atoms with van der Waals surface area (Å²) >= 11 is 1.49. The van der Waals surface area contributed by atoms with Crippen molar-refractivity contribution in [1.82, 2.24) is 19.9 Å². The van der Waals surface area contributed by atoms with Crippen LogP contribution >= 0.6 is 11.8 Å². The van der Waals surface area contributed by atoms with Gasteiger partial charge in [-0.15, -0.1) is 0 Å². The number of nitrogens with one attached hydrogen (secondary N) is 1. The van der Waals surface area contributed by atoms with E-state index in [0.717, 1.165) is 10.5 Å². The first-order valence-corrected chi connectivity index (χ1v) is 7.85. The molecule has 1 fully saturated rings. The maximum absolute atomic E-state index is 11.4. The van der Waals surface area contributed by atoms with Crippen molar-refractivity contribution in [2.24, 2.45) is 0 Å². The summed E-state index contributed by atoms with van der Waals surface area (Å²) in [7, 11) is -2.85. The van der Waals surface area contributed by atoms with Gasteiger partial charge in [0.1, 0.15) is 16.9 Å². The predicted octanol–water partition coefficient (Wildman–Crippen LogP) is 0.632. The molecule has 1 aliphatic heterocycles. The van der Waals surface area contributed by atoms with Crippen molar-refractivity contribution in [2.75, 3.05) is 11.5 Å². The van der Waals surface area contributed by atoms with Crippen molar-refractivity contribution >= 4 is 32.8 Å². The first-order valence-electron chi connectivity index (χ1n) is 5.15. The number of imidazole rings is 1. The van der Waals surface area contributed by atoms with Gasteiger partial charge in [-0.25, -0.2) is 23.4 Å². The molecule has 2 aromatic heterocycles. The van der Waals surface area contributed by atoms with Crippen LogP contribution in [0.2, 0.25) is 0 Å². The van der Waals surface area contributed by atoms with E-state index in [2.05, 4.69) is 19.9 Å². The molecule has 0 unspecified atom stereocenters. The molecule has 0 aliphatic carbocycles. The number of aromatic amines is 1. The van der Waals surface area contributed by atoms with Gasteiger partial charge < -0.3 is 4.98 Å². The van der Waals surface area contributed by atoms with Crippen LogP contribution < -0.4 is 0 Å². The van der Waals surface area contributed by atoms with Crippen LogP contribution in [0.4, 0.5) is 0 Å². The highest BCUT2D eigenvalue weighted by molar-refractivity contribution is 8.02. The zero-order valence-electron chi connectivity index (χ0n) is 8.83. The molecule has 8 heteroatoms. The highest BCUT2D eigenvalue weighted by atomic mass is 32.2. The molecule has 6 nitrogen and oxygen atoms in total. The number of hydrogen-bond donors (Lipinski definition) is 1. The molecular weight excluding hydrogens is 260 g/mol. The number of rotatable bonds is 2. The van der Waals surface area contributed by atoms with Crippen LogP contribution in [0.3, 0.4) is 0 Å². The first kappa shape index (κ1) is 11.0. The lowest BCUT2D eigenvalue weighted by Gasteiger charge is -2.06. The van der Waals surface area contributed by atoms with E-state index in [0.29, 0.717) is 12.1 Å². The van der Waals surface area contributed by atoms with Gasteiger partial charge >= 0.3 is 0 Å². The summed E-state index contributed by atoms with van der Waals surface area (Å²) in [6.45, 7) is 0. The number of hydrogen-bond acceptors (Lipinski definition) is 6. The second-order valence-electron chi connectivity index (χ2n) is 3.92. The molecule has 1 N–H and O–H groups in total. The lowest BCUT2D eigenvalue weighted by Crippen LogP contribution is -2.06. The second-order valence-corrected chi connectivity index (χ2v) is 7.44. The Kier molecular flexibility index (Phi) is 2.55. The number of nitrogens with zero attached hydrogens (tertiary/aromatic N) is 3. The van der Waals surface area contributed by atoms with Crippen LogP contribution in [0.25, 0.3) is 11.2 Å². The third-order valence-electron chi connectivity index (χ3n) is 2.66. The second kappa shape index (κ2) is 3.95. The zero-order valence-corrected chi connectivity index (χ0v) is 10.5. The summed E-state index contributed by atoms with van der Waals surface area (Å²) < 4.78 is 22.8. The van der Waals surface area contributed by atoms with E-state index in [1.54, 1.807) is 6.33 Å². The Morgan fingerprint density at radius 3 is 3.00 bits per heavy atom. The fourth-order valence-corrected chi connectivity index (χ4v) is 5.36. The smallest absolute Gasteiger partial charge is 0.181 e. The minimum Gasteiger partial charge on any atom is -0.341 e. The van der Waals surface area contributed by atoms with Crippen molar-refractivity contribution in [1.29, 1.82) is 0 Å². The number of aromatic nitrogens is 4. The van der Waals surface area contributed by atoms with Crippen LogP contribution in [0.1, 0.15) is 6.42 Å². The molecule has 1 saturated heterocycles. The first-order chi connectivity index (χ1) is 8.14. The molecule has 3 heterocycles. The molecule has 0 saturated carbocycles. The summed E-state index contributed by atoms with van der Waals surface area (Å²) in [5.74, 6) is 0.513. The fourth-order valence-electron chi connectivity index (χ4n) is 1.84. The van der Waals surface area contributed by atoms with Gasteiger partial charge in [0.2, 0.25) is 0 Å². The molecule has 0 spiro atoms. The lowest BCUT2D eigenvalue weighted by molar-refractivity contribution is 0.602. The van der Waals surface area contributed by atoms with Crippen molar-refractivity contribution in [3.63, 3.8) is 0 Å². The molecule has 3 rings (SSSR count). The third-order valence-corrected chi connectivity index (χ3v) is 5.90. The largest absolute Gasteiger partial charge is 0.341 e. The third kappa shape index (κ3) is 2.14. The Hall–Kier alpha value is -1.15. The normalized spacial score (nSPS) is 23.2. The topological polar surface area (TPSA) is 88.6 Å². The summed E-state index contributed by atoms with van der Waals surface area (Å²) in [6.07, 6.45) is 3.70. The van der Waals surface area contributed by atoms with E-state index in [-0.39, 0.29) is 16.8 Å². The highest BCUT2D eigenvalue weighted by Crippen LogP contribution is 2.32. The molecule has 0 radical (unpaired) electrons. The molecule has 1 aliphatic rings. The standard InChI is InChI=1S/C9H10N4O2S2/c14-17(15)2-1-6(3-17)16-9-7-8(11-4-10-7)12-5-13-9/h4-6H,1-3H2,(H,10,11,12,13)/t6-/m0/s1.